The maximum absolute atomic E-state index is 11.2. The molecule has 1 atom stereocenters. The zero-order valence-corrected chi connectivity index (χ0v) is 7.60. The number of rotatable bonds is 3. The minimum atomic E-state index is -1.03. The van der Waals surface area contributed by atoms with Gasteiger partial charge in [-0.15, -0.1) is 0 Å². The summed E-state index contributed by atoms with van der Waals surface area (Å²) >= 11 is 0. The normalized spacial score (nSPS) is 11.5. The van der Waals surface area contributed by atoms with E-state index in [0.717, 1.165) is 0 Å². The highest BCUT2D eigenvalue weighted by molar-refractivity contribution is 5.89. The fourth-order valence-electron chi connectivity index (χ4n) is 0.882. The molecule has 0 heterocycles. The Hall–Kier alpha value is -1.81. The first-order chi connectivity index (χ1) is 6.72. The van der Waals surface area contributed by atoms with Crippen LogP contribution in [0.4, 0.5) is 10.5 Å². The van der Waals surface area contributed by atoms with E-state index in [4.69, 9.17) is 5.11 Å². The number of benzene rings is 1. The van der Waals surface area contributed by atoms with Gasteiger partial charge in [0.15, 0.2) is 0 Å². The van der Waals surface area contributed by atoms with Crippen LogP contribution >= 0.6 is 0 Å². The third-order valence-corrected chi connectivity index (χ3v) is 1.53. The first-order valence-electron chi connectivity index (χ1n) is 4.15. The molecule has 1 rings (SSSR count). The summed E-state index contributed by atoms with van der Waals surface area (Å²) in [5.41, 5.74) is 0.668. The molecule has 1 aromatic rings. The highest BCUT2D eigenvalue weighted by atomic mass is 16.3. The van der Waals surface area contributed by atoms with Crippen molar-refractivity contribution in [1.82, 2.24) is 5.32 Å². The molecule has 0 aliphatic heterocycles. The number of hydrogen-bond donors (Lipinski definition) is 3. The van der Waals surface area contributed by atoms with Crippen LogP contribution in [0, 0.1) is 0 Å². The minimum absolute atomic E-state index is 0.469. The fraction of sp³-hybridized carbons (Fsp3) is 0.100. The number of para-hydroxylation sites is 1. The molecule has 0 saturated carbocycles. The average Bonchev–Trinajstić information content (AvgIpc) is 2.19. The molecule has 2 amide bonds. The summed E-state index contributed by atoms with van der Waals surface area (Å²) in [5.74, 6) is 0. The second-order valence-electron chi connectivity index (χ2n) is 2.65. The molecule has 0 bridgehead atoms. The number of nitrogens with one attached hydrogen (secondary N) is 2. The predicted octanol–water partition coefficient (Wildman–Crippen LogP) is 1.31. The third-order valence-electron chi connectivity index (χ3n) is 1.53. The van der Waals surface area contributed by atoms with Gasteiger partial charge >= 0.3 is 6.03 Å². The van der Waals surface area contributed by atoms with Gasteiger partial charge in [-0.05, 0) is 18.2 Å². The summed E-state index contributed by atoms with van der Waals surface area (Å²) in [4.78, 5) is 11.2. The van der Waals surface area contributed by atoms with E-state index in [1.807, 2.05) is 6.07 Å². The lowest BCUT2D eigenvalue weighted by Gasteiger charge is -2.09. The second-order valence-corrected chi connectivity index (χ2v) is 2.65. The van der Waals surface area contributed by atoms with Crippen molar-refractivity contribution in [2.24, 2.45) is 0 Å². The van der Waals surface area contributed by atoms with Crippen molar-refractivity contribution in [1.29, 1.82) is 0 Å². The van der Waals surface area contributed by atoms with Crippen LogP contribution in [0.25, 0.3) is 0 Å². The first-order valence-corrected chi connectivity index (χ1v) is 4.15. The largest absolute Gasteiger partial charge is 0.370 e. The van der Waals surface area contributed by atoms with Gasteiger partial charge in [0, 0.05) is 5.69 Å². The monoisotopic (exact) mass is 192 g/mol. The maximum Gasteiger partial charge on any atom is 0.321 e. The molecule has 1 unspecified atom stereocenters. The lowest BCUT2D eigenvalue weighted by Crippen LogP contribution is -2.36. The molecular weight excluding hydrogens is 180 g/mol. The zero-order valence-electron chi connectivity index (χ0n) is 7.60. The molecule has 74 valence electrons. The fourth-order valence-corrected chi connectivity index (χ4v) is 0.882. The first kappa shape index (κ1) is 10.3. The number of carbonyl (C=O) groups excluding carboxylic acids is 1. The van der Waals surface area contributed by atoms with Gasteiger partial charge in [-0.1, -0.05) is 24.8 Å². The molecule has 0 spiro atoms. The van der Waals surface area contributed by atoms with Crippen LogP contribution in [-0.2, 0) is 0 Å². The van der Waals surface area contributed by atoms with Gasteiger partial charge in [0.25, 0.3) is 0 Å². The van der Waals surface area contributed by atoms with Gasteiger partial charge in [-0.25, -0.2) is 4.79 Å². The SMILES string of the molecule is C=CC(O)NC(=O)Nc1ccccc1. The molecule has 0 aliphatic rings. The molecule has 0 aromatic heterocycles. The van der Waals surface area contributed by atoms with Crippen molar-refractivity contribution < 1.29 is 9.90 Å². The van der Waals surface area contributed by atoms with Crippen molar-refractivity contribution in [2.45, 2.75) is 6.23 Å². The van der Waals surface area contributed by atoms with Crippen LogP contribution in [0.15, 0.2) is 43.0 Å². The molecule has 14 heavy (non-hydrogen) atoms. The van der Waals surface area contributed by atoms with E-state index in [9.17, 15) is 4.79 Å². The Balaban J connectivity index is 2.46. The van der Waals surface area contributed by atoms with E-state index in [1.165, 1.54) is 6.08 Å². The summed E-state index contributed by atoms with van der Waals surface area (Å²) < 4.78 is 0. The van der Waals surface area contributed by atoms with Crippen LogP contribution in [0.5, 0.6) is 0 Å². The Morgan fingerprint density at radius 3 is 2.64 bits per heavy atom. The van der Waals surface area contributed by atoms with Crippen molar-refractivity contribution in [2.75, 3.05) is 5.32 Å². The second kappa shape index (κ2) is 5.04. The van der Waals surface area contributed by atoms with E-state index in [-0.39, 0.29) is 0 Å². The molecule has 0 aliphatic carbocycles. The van der Waals surface area contributed by atoms with Crippen molar-refractivity contribution >= 4 is 11.7 Å². The Labute approximate surface area is 82.3 Å². The van der Waals surface area contributed by atoms with E-state index >= 15 is 0 Å². The number of anilines is 1. The van der Waals surface area contributed by atoms with Gasteiger partial charge in [-0.3, -0.25) is 0 Å². The number of urea groups is 1. The van der Waals surface area contributed by atoms with E-state index in [2.05, 4.69) is 17.2 Å². The molecule has 1 aromatic carbocycles. The number of carbonyl (C=O) groups is 1. The summed E-state index contributed by atoms with van der Waals surface area (Å²) in [6.07, 6.45) is 0.198. The molecular formula is C10H12N2O2. The van der Waals surface area contributed by atoms with Crippen LogP contribution in [-0.4, -0.2) is 17.4 Å². The highest BCUT2D eigenvalue weighted by Gasteiger charge is 2.03. The van der Waals surface area contributed by atoms with Gasteiger partial charge < -0.3 is 15.7 Å². The van der Waals surface area contributed by atoms with Gasteiger partial charge in [0.1, 0.15) is 6.23 Å². The van der Waals surface area contributed by atoms with Gasteiger partial charge in [0.05, 0.1) is 0 Å². The highest BCUT2D eigenvalue weighted by Crippen LogP contribution is 2.04. The smallest absolute Gasteiger partial charge is 0.321 e. The van der Waals surface area contributed by atoms with Crippen LogP contribution in [0.3, 0.4) is 0 Å². The number of hydrogen-bond acceptors (Lipinski definition) is 2. The topological polar surface area (TPSA) is 61.4 Å². The average molecular weight is 192 g/mol. The Morgan fingerprint density at radius 2 is 2.07 bits per heavy atom. The molecule has 3 N–H and O–H groups in total. The van der Waals surface area contributed by atoms with E-state index in [0.29, 0.717) is 5.69 Å². The van der Waals surface area contributed by atoms with Crippen molar-refractivity contribution in [3.63, 3.8) is 0 Å². The minimum Gasteiger partial charge on any atom is -0.370 e. The predicted molar refractivity (Wildman–Crippen MR) is 54.8 cm³/mol. The molecule has 0 saturated heterocycles. The Kier molecular flexibility index (Phi) is 3.69. The van der Waals surface area contributed by atoms with Gasteiger partial charge in [0.2, 0.25) is 0 Å². The van der Waals surface area contributed by atoms with E-state index < -0.39 is 12.3 Å². The lowest BCUT2D eigenvalue weighted by molar-refractivity contribution is 0.185. The Morgan fingerprint density at radius 1 is 1.43 bits per heavy atom. The quantitative estimate of drug-likeness (QED) is 0.499. The summed E-state index contributed by atoms with van der Waals surface area (Å²) in [6, 6.07) is 8.49. The molecule has 0 radical (unpaired) electrons. The summed E-state index contributed by atoms with van der Waals surface area (Å²) in [5, 5.41) is 13.8. The molecule has 4 nitrogen and oxygen atoms in total. The third kappa shape index (κ3) is 3.28. The standard InChI is InChI=1S/C10H12N2O2/c1-2-9(13)12-10(14)11-8-6-4-3-5-7-8/h2-7,9,13H,1H2,(H2,11,12,14). The maximum atomic E-state index is 11.2. The van der Waals surface area contributed by atoms with Crippen LogP contribution in [0.2, 0.25) is 0 Å². The van der Waals surface area contributed by atoms with E-state index in [1.54, 1.807) is 24.3 Å². The van der Waals surface area contributed by atoms with Crippen molar-refractivity contribution in [3.8, 4) is 0 Å². The lowest BCUT2D eigenvalue weighted by atomic mass is 10.3. The van der Waals surface area contributed by atoms with Crippen molar-refractivity contribution in [3.05, 3.63) is 43.0 Å². The van der Waals surface area contributed by atoms with Crippen LogP contribution in [0.1, 0.15) is 0 Å². The Bertz CT molecular complexity index is 311. The number of aliphatic hydroxyl groups is 1. The number of amides is 2. The summed E-state index contributed by atoms with van der Waals surface area (Å²) in [6.45, 7) is 3.33. The number of aliphatic hydroxyl groups excluding tert-OH is 1. The summed E-state index contributed by atoms with van der Waals surface area (Å²) in [7, 11) is 0. The zero-order chi connectivity index (χ0) is 10.4. The molecule has 0 fully saturated rings. The van der Waals surface area contributed by atoms with Crippen LogP contribution < -0.4 is 10.6 Å². The molecule has 4 heteroatoms. The van der Waals surface area contributed by atoms with Gasteiger partial charge in [-0.2, -0.15) is 0 Å².